The second-order valence-electron chi connectivity index (χ2n) is 3.94. The molecule has 1 unspecified atom stereocenters. The average Bonchev–Trinajstić information content (AvgIpc) is 2.99. The Morgan fingerprint density at radius 2 is 2.00 bits per heavy atom. The van der Waals surface area contributed by atoms with Gasteiger partial charge in [-0.05, 0) is 23.6 Å². The summed E-state index contributed by atoms with van der Waals surface area (Å²) in [5.41, 5.74) is 0. The van der Waals surface area contributed by atoms with Crippen LogP contribution in [0.4, 0.5) is 4.79 Å². The van der Waals surface area contributed by atoms with E-state index in [0.717, 1.165) is 9.77 Å². The second-order valence-corrected chi connectivity index (χ2v) is 6.55. The van der Waals surface area contributed by atoms with E-state index in [9.17, 15) is 9.00 Å². The van der Waals surface area contributed by atoms with Gasteiger partial charge in [0.15, 0.2) is 0 Å². The van der Waals surface area contributed by atoms with Crippen molar-refractivity contribution in [3.63, 3.8) is 0 Å². The Bertz CT molecular complexity index is 555. The van der Waals surface area contributed by atoms with E-state index in [-0.39, 0.29) is 6.61 Å². The Morgan fingerprint density at radius 1 is 1.20 bits per heavy atom. The van der Waals surface area contributed by atoms with E-state index in [1.807, 2.05) is 47.8 Å². The van der Waals surface area contributed by atoms with Crippen molar-refractivity contribution in [3.05, 3.63) is 52.7 Å². The van der Waals surface area contributed by atoms with Crippen molar-refractivity contribution < 1.29 is 13.7 Å². The zero-order valence-electron chi connectivity index (χ0n) is 10.8. The summed E-state index contributed by atoms with van der Waals surface area (Å²) in [5.74, 6) is 0.373. The van der Waals surface area contributed by atoms with Crippen LogP contribution in [0.5, 0.6) is 0 Å². The molecule has 6 heteroatoms. The first-order valence-electron chi connectivity index (χ1n) is 6.12. The van der Waals surface area contributed by atoms with Crippen LogP contribution in [0, 0.1) is 0 Å². The highest BCUT2D eigenvalue weighted by Gasteiger charge is 2.06. The molecule has 0 fully saturated rings. The molecule has 1 aromatic heterocycles. The second kappa shape index (κ2) is 7.81. The minimum absolute atomic E-state index is 0.269. The number of benzene rings is 1. The lowest BCUT2D eigenvalue weighted by Gasteiger charge is -2.06. The van der Waals surface area contributed by atoms with Gasteiger partial charge in [-0.3, -0.25) is 4.21 Å². The fraction of sp³-hybridized carbons (Fsp3) is 0.214. The highest BCUT2D eigenvalue weighted by Crippen LogP contribution is 2.09. The van der Waals surface area contributed by atoms with Gasteiger partial charge >= 0.3 is 6.09 Å². The molecule has 1 atom stereocenters. The van der Waals surface area contributed by atoms with Gasteiger partial charge in [0.1, 0.15) is 6.61 Å². The Morgan fingerprint density at radius 3 is 2.70 bits per heavy atom. The number of carbonyl (C=O) groups excluding carboxylic acids is 1. The fourth-order valence-electron chi connectivity index (χ4n) is 1.52. The summed E-state index contributed by atoms with van der Waals surface area (Å²) in [5, 5.41) is 4.53. The van der Waals surface area contributed by atoms with Gasteiger partial charge in [0.2, 0.25) is 0 Å². The van der Waals surface area contributed by atoms with E-state index >= 15 is 0 Å². The molecule has 2 aromatic rings. The number of hydrogen-bond acceptors (Lipinski definition) is 4. The smallest absolute Gasteiger partial charge is 0.407 e. The first-order chi connectivity index (χ1) is 9.75. The van der Waals surface area contributed by atoms with Crippen LogP contribution in [0.15, 0.2) is 52.7 Å². The predicted molar refractivity (Wildman–Crippen MR) is 80.2 cm³/mol. The van der Waals surface area contributed by atoms with Crippen LogP contribution in [0.25, 0.3) is 0 Å². The highest BCUT2D eigenvalue weighted by atomic mass is 32.2. The lowest BCUT2D eigenvalue weighted by atomic mass is 10.4. The number of amides is 1. The third-order valence-corrected chi connectivity index (χ3v) is 4.71. The molecule has 0 bridgehead atoms. The van der Waals surface area contributed by atoms with Gasteiger partial charge in [-0.2, -0.15) is 0 Å². The maximum absolute atomic E-state index is 11.9. The Hall–Kier alpha value is -1.66. The molecule has 106 valence electrons. The quantitative estimate of drug-likeness (QED) is 0.892. The third-order valence-electron chi connectivity index (χ3n) is 2.49. The summed E-state index contributed by atoms with van der Waals surface area (Å²) < 4.78 is 16.9. The van der Waals surface area contributed by atoms with Crippen LogP contribution < -0.4 is 5.32 Å². The molecule has 0 saturated carbocycles. The molecule has 2 rings (SSSR count). The van der Waals surface area contributed by atoms with Crippen LogP contribution >= 0.6 is 11.3 Å². The molecule has 1 amide bonds. The monoisotopic (exact) mass is 309 g/mol. The molecule has 0 radical (unpaired) electrons. The third kappa shape index (κ3) is 4.79. The molecule has 1 N–H and O–H groups in total. The molecule has 1 heterocycles. The topological polar surface area (TPSA) is 55.4 Å². The van der Waals surface area contributed by atoms with Crippen LogP contribution in [0.1, 0.15) is 4.88 Å². The summed E-state index contributed by atoms with van der Waals surface area (Å²) in [6.45, 7) is 0.593. The minimum Gasteiger partial charge on any atom is -0.444 e. The van der Waals surface area contributed by atoms with Gasteiger partial charge in [0.05, 0.1) is 10.8 Å². The zero-order chi connectivity index (χ0) is 14.2. The average molecular weight is 309 g/mol. The van der Waals surface area contributed by atoms with Crippen molar-refractivity contribution in [3.8, 4) is 0 Å². The molecule has 0 spiro atoms. The van der Waals surface area contributed by atoms with Crippen molar-refractivity contribution in [1.29, 1.82) is 0 Å². The molecule has 20 heavy (non-hydrogen) atoms. The number of nitrogens with one attached hydrogen (secondary N) is 1. The molecule has 0 saturated heterocycles. The van der Waals surface area contributed by atoms with E-state index in [4.69, 9.17) is 4.74 Å². The van der Waals surface area contributed by atoms with Crippen molar-refractivity contribution >= 4 is 28.2 Å². The summed E-state index contributed by atoms with van der Waals surface area (Å²) >= 11 is 1.54. The van der Waals surface area contributed by atoms with Crippen molar-refractivity contribution in [1.82, 2.24) is 5.32 Å². The van der Waals surface area contributed by atoms with Crippen LogP contribution in [-0.4, -0.2) is 22.6 Å². The van der Waals surface area contributed by atoms with Crippen molar-refractivity contribution in [2.24, 2.45) is 0 Å². The van der Waals surface area contributed by atoms with Gasteiger partial charge in [0.25, 0.3) is 0 Å². The first kappa shape index (κ1) is 14.7. The van der Waals surface area contributed by atoms with Crippen LogP contribution in [-0.2, 0) is 22.1 Å². The maximum atomic E-state index is 11.9. The first-order valence-corrected chi connectivity index (χ1v) is 8.32. The SMILES string of the molecule is O=C(NCCS(=O)c1ccccc1)OCc1cccs1. The Balaban J connectivity index is 1.65. The largest absolute Gasteiger partial charge is 0.444 e. The highest BCUT2D eigenvalue weighted by molar-refractivity contribution is 7.85. The number of alkyl carbamates (subject to hydrolysis) is 1. The zero-order valence-corrected chi connectivity index (χ0v) is 12.4. The number of rotatable bonds is 6. The van der Waals surface area contributed by atoms with Crippen molar-refractivity contribution in [2.45, 2.75) is 11.5 Å². The minimum atomic E-state index is -1.10. The van der Waals surface area contributed by atoms with E-state index in [2.05, 4.69) is 5.32 Å². The van der Waals surface area contributed by atoms with Gasteiger partial charge < -0.3 is 10.1 Å². The van der Waals surface area contributed by atoms with Crippen LogP contribution in [0.3, 0.4) is 0 Å². The van der Waals surface area contributed by atoms with Gasteiger partial charge in [0, 0.05) is 22.1 Å². The Labute approximate surface area is 124 Å². The van der Waals surface area contributed by atoms with E-state index in [1.165, 1.54) is 11.3 Å². The summed E-state index contributed by atoms with van der Waals surface area (Å²) in [7, 11) is -1.10. The molecule has 0 aliphatic rings. The summed E-state index contributed by atoms with van der Waals surface area (Å²) in [6.07, 6.45) is -0.483. The molecular formula is C14H15NO3S2. The summed E-state index contributed by atoms with van der Waals surface area (Å²) in [4.78, 5) is 13.2. The van der Waals surface area contributed by atoms with Crippen LogP contribution in [0.2, 0.25) is 0 Å². The lowest BCUT2D eigenvalue weighted by Crippen LogP contribution is -2.28. The summed E-state index contributed by atoms with van der Waals surface area (Å²) in [6, 6.07) is 13.0. The fourth-order valence-corrected chi connectivity index (χ4v) is 3.12. The number of carbonyl (C=O) groups is 1. The molecule has 4 nitrogen and oxygen atoms in total. The maximum Gasteiger partial charge on any atom is 0.407 e. The Kier molecular flexibility index (Phi) is 5.76. The lowest BCUT2D eigenvalue weighted by molar-refractivity contribution is 0.141. The standard InChI is InChI=1S/C14H15NO3S2/c16-14(18-11-12-5-4-9-19-12)15-8-10-20(17)13-6-2-1-3-7-13/h1-7,9H,8,10-11H2,(H,15,16). The molecular weight excluding hydrogens is 294 g/mol. The molecule has 1 aromatic carbocycles. The predicted octanol–water partition coefficient (Wildman–Crippen LogP) is 2.78. The molecule has 0 aliphatic carbocycles. The normalized spacial score (nSPS) is 11.8. The van der Waals surface area contributed by atoms with Gasteiger partial charge in [-0.15, -0.1) is 11.3 Å². The number of thiophene rings is 1. The van der Waals surface area contributed by atoms with E-state index in [0.29, 0.717) is 12.3 Å². The number of hydrogen-bond donors (Lipinski definition) is 1. The number of ether oxygens (including phenoxy) is 1. The van der Waals surface area contributed by atoms with Crippen molar-refractivity contribution in [2.75, 3.05) is 12.3 Å². The van der Waals surface area contributed by atoms with Gasteiger partial charge in [-0.25, -0.2) is 4.79 Å². The van der Waals surface area contributed by atoms with E-state index in [1.54, 1.807) is 0 Å². The van der Waals surface area contributed by atoms with Gasteiger partial charge in [-0.1, -0.05) is 24.3 Å². The molecule has 0 aliphatic heterocycles. The van der Waals surface area contributed by atoms with E-state index < -0.39 is 16.9 Å².